The maximum absolute atomic E-state index is 14.9. The van der Waals surface area contributed by atoms with E-state index in [0.717, 1.165) is 0 Å². The predicted octanol–water partition coefficient (Wildman–Crippen LogP) is 4.42. The maximum atomic E-state index is 14.9. The topological polar surface area (TPSA) is 51.2 Å². The second kappa shape index (κ2) is 6.91. The molecule has 0 unspecified atom stereocenters. The summed E-state index contributed by atoms with van der Waals surface area (Å²) in [5.41, 5.74) is 1.58. The number of hydrogen-bond acceptors (Lipinski definition) is 4. The van der Waals surface area contributed by atoms with Gasteiger partial charge in [0.15, 0.2) is 11.5 Å². The van der Waals surface area contributed by atoms with Crippen molar-refractivity contribution in [3.05, 3.63) is 78.2 Å². The number of hydrogen-bond donors (Lipinski definition) is 1. The zero-order valence-corrected chi connectivity index (χ0v) is 13.0. The second-order valence-electron chi connectivity index (χ2n) is 5.07. The van der Waals surface area contributed by atoms with Crippen LogP contribution in [0.2, 0.25) is 0 Å². The third kappa shape index (κ3) is 3.25. The van der Waals surface area contributed by atoms with E-state index in [9.17, 15) is 9.18 Å². The molecule has 3 aromatic rings. The molecule has 3 rings (SSSR count). The van der Waals surface area contributed by atoms with E-state index in [4.69, 9.17) is 4.74 Å². The minimum absolute atomic E-state index is 0.0381. The molecule has 0 atom stereocenters. The van der Waals surface area contributed by atoms with Crippen LogP contribution in [0.3, 0.4) is 0 Å². The normalized spacial score (nSPS) is 10.2. The molecule has 0 aliphatic carbocycles. The van der Waals surface area contributed by atoms with Gasteiger partial charge in [0.25, 0.3) is 0 Å². The second-order valence-corrected chi connectivity index (χ2v) is 5.07. The van der Waals surface area contributed by atoms with E-state index >= 15 is 0 Å². The molecule has 2 aromatic carbocycles. The van der Waals surface area contributed by atoms with Crippen LogP contribution >= 0.6 is 0 Å². The average molecular weight is 322 g/mol. The average Bonchev–Trinajstić information content (AvgIpc) is 2.64. The summed E-state index contributed by atoms with van der Waals surface area (Å²) in [6.45, 7) is 0. The summed E-state index contributed by atoms with van der Waals surface area (Å²) in [4.78, 5) is 16.0. The molecule has 1 N–H and O–H groups in total. The summed E-state index contributed by atoms with van der Waals surface area (Å²) in [6.07, 6.45) is 0. The van der Waals surface area contributed by atoms with E-state index in [-0.39, 0.29) is 17.1 Å². The largest absolute Gasteiger partial charge is 0.464 e. The van der Waals surface area contributed by atoms with Gasteiger partial charge in [-0.05, 0) is 18.2 Å². The smallest absolute Gasteiger partial charge is 0.356 e. The van der Waals surface area contributed by atoms with Crippen molar-refractivity contribution >= 4 is 17.3 Å². The van der Waals surface area contributed by atoms with Gasteiger partial charge in [-0.3, -0.25) is 0 Å². The molecule has 0 radical (unpaired) electrons. The number of nitrogens with one attached hydrogen (secondary N) is 1. The van der Waals surface area contributed by atoms with Crippen LogP contribution in [0.15, 0.2) is 66.7 Å². The number of para-hydroxylation sites is 1. The number of esters is 1. The Morgan fingerprint density at radius 2 is 1.67 bits per heavy atom. The van der Waals surface area contributed by atoms with Crippen molar-refractivity contribution in [2.24, 2.45) is 0 Å². The van der Waals surface area contributed by atoms with Crippen molar-refractivity contribution < 1.29 is 13.9 Å². The number of benzene rings is 2. The molecule has 0 amide bonds. The Bertz CT molecular complexity index is 852. The number of ether oxygens (including phenoxy) is 1. The van der Waals surface area contributed by atoms with Gasteiger partial charge in [-0.25, -0.2) is 14.2 Å². The first kappa shape index (κ1) is 15.7. The van der Waals surface area contributed by atoms with Gasteiger partial charge < -0.3 is 10.1 Å². The van der Waals surface area contributed by atoms with Crippen molar-refractivity contribution in [1.29, 1.82) is 0 Å². The molecule has 4 nitrogen and oxygen atoms in total. The lowest BCUT2D eigenvalue weighted by Gasteiger charge is -2.12. The zero-order chi connectivity index (χ0) is 16.9. The Kier molecular flexibility index (Phi) is 4.52. The summed E-state index contributed by atoms with van der Waals surface area (Å²) in [5.74, 6) is -1.15. The number of halogens is 1. The first-order chi connectivity index (χ1) is 11.7. The Labute approximate surface area is 138 Å². The molecule has 24 heavy (non-hydrogen) atoms. The number of methoxy groups -OCH3 is 1. The number of anilines is 2. The van der Waals surface area contributed by atoms with Crippen LogP contribution in [-0.4, -0.2) is 18.1 Å². The Morgan fingerprint density at radius 1 is 1.04 bits per heavy atom. The molecule has 0 saturated heterocycles. The van der Waals surface area contributed by atoms with Gasteiger partial charge >= 0.3 is 5.97 Å². The highest BCUT2D eigenvalue weighted by atomic mass is 19.1. The monoisotopic (exact) mass is 322 g/mol. The third-order valence-electron chi connectivity index (χ3n) is 3.45. The molecule has 0 bridgehead atoms. The van der Waals surface area contributed by atoms with E-state index < -0.39 is 11.8 Å². The van der Waals surface area contributed by atoms with Gasteiger partial charge in [0.2, 0.25) is 0 Å². The van der Waals surface area contributed by atoms with Gasteiger partial charge in [0, 0.05) is 11.3 Å². The van der Waals surface area contributed by atoms with E-state index in [1.165, 1.54) is 13.2 Å². The lowest BCUT2D eigenvalue weighted by molar-refractivity contribution is 0.0594. The first-order valence-electron chi connectivity index (χ1n) is 7.35. The van der Waals surface area contributed by atoms with Crippen molar-refractivity contribution in [3.63, 3.8) is 0 Å². The molecule has 1 heterocycles. The van der Waals surface area contributed by atoms with Crippen molar-refractivity contribution in [2.45, 2.75) is 0 Å². The van der Waals surface area contributed by atoms with Crippen LogP contribution in [0.25, 0.3) is 11.3 Å². The lowest BCUT2D eigenvalue weighted by Crippen LogP contribution is -2.08. The van der Waals surface area contributed by atoms with Crippen molar-refractivity contribution in [3.8, 4) is 11.3 Å². The molecule has 0 spiro atoms. The Hall–Kier alpha value is -3.21. The summed E-state index contributed by atoms with van der Waals surface area (Å²) in [6, 6.07) is 19.4. The zero-order valence-electron chi connectivity index (χ0n) is 13.0. The Balaban J connectivity index is 2.12. The highest BCUT2D eigenvalue weighted by Gasteiger charge is 2.18. The summed E-state index contributed by atoms with van der Waals surface area (Å²) in [7, 11) is 1.26. The quantitative estimate of drug-likeness (QED) is 0.723. The molecular formula is C19H15FN2O2. The van der Waals surface area contributed by atoms with E-state index in [0.29, 0.717) is 11.3 Å². The Morgan fingerprint density at radius 3 is 2.29 bits per heavy atom. The van der Waals surface area contributed by atoms with Crippen LogP contribution in [0, 0.1) is 5.82 Å². The van der Waals surface area contributed by atoms with Crippen molar-refractivity contribution in [2.75, 3.05) is 12.4 Å². The third-order valence-corrected chi connectivity index (χ3v) is 3.45. The standard InChI is InChI=1S/C19H15FN2O2/c1-24-19(23)16-12-15(21-14-10-6-3-7-11-14)17(20)18(22-16)13-8-4-2-5-9-13/h2-12H,1H3,(H,21,22). The summed E-state index contributed by atoms with van der Waals surface area (Å²) >= 11 is 0. The number of aromatic nitrogens is 1. The molecule has 0 aliphatic heterocycles. The number of rotatable bonds is 4. The number of nitrogens with zero attached hydrogens (tertiary/aromatic N) is 1. The molecule has 120 valence electrons. The fourth-order valence-corrected chi connectivity index (χ4v) is 2.29. The molecule has 0 fully saturated rings. The van der Waals surface area contributed by atoms with Crippen LogP contribution in [0.5, 0.6) is 0 Å². The van der Waals surface area contributed by atoms with Gasteiger partial charge in [-0.1, -0.05) is 48.5 Å². The number of carbonyl (C=O) groups excluding carboxylic acids is 1. The van der Waals surface area contributed by atoms with E-state index in [1.807, 2.05) is 24.3 Å². The molecule has 0 saturated carbocycles. The first-order valence-corrected chi connectivity index (χ1v) is 7.35. The molecule has 0 aliphatic rings. The van der Waals surface area contributed by atoms with Crippen molar-refractivity contribution in [1.82, 2.24) is 4.98 Å². The highest BCUT2D eigenvalue weighted by molar-refractivity contribution is 5.90. The number of carbonyl (C=O) groups is 1. The number of pyridine rings is 1. The van der Waals surface area contributed by atoms with Crippen LogP contribution in [0.4, 0.5) is 15.8 Å². The highest BCUT2D eigenvalue weighted by Crippen LogP contribution is 2.29. The minimum atomic E-state index is -0.622. The molecular weight excluding hydrogens is 307 g/mol. The van der Waals surface area contributed by atoms with Crippen LogP contribution < -0.4 is 5.32 Å². The van der Waals surface area contributed by atoms with Crippen LogP contribution in [0.1, 0.15) is 10.5 Å². The van der Waals surface area contributed by atoms with E-state index in [1.54, 1.807) is 36.4 Å². The lowest BCUT2D eigenvalue weighted by atomic mass is 10.1. The van der Waals surface area contributed by atoms with Gasteiger partial charge in [-0.15, -0.1) is 0 Å². The summed E-state index contributed by atoms with van der Waals surface area (Å²) in [5, 5.41) is 2.98. The summed E-state index contributed by atoms with van der Waals surface area (Å²) < 4.78 is 19.6. The van der Waals surface area contributed by atoms with Crippen LogP contribution in [-0.2, 0) is 4.74 Å². The van der Waals surface area contributed by atoms with Gasteiger partial charge in [0.05, 0.1) is 12.8 Å². The van der Waals surface area contributed by atoms with Gasteiger partial charge in [0.1, 0.15) is 5.69 Å². The van der Waals surface area contributed by atoms with E-state index in [2.05, 4.69) is 10.3 Å². The van der Waals surface area contributed by atoms with Gasteiger partial charge in [-0.2, -0.15) is 0 Å². The SMILES string of the molecule is COC(=O)c1cc(Nc2ccccc2)c(F)c(-c2ccccc2)n1. The maximum Gasteiger partial charge on any atom is 0.356 e. The molecule has 5 heteroatoms. The minimum Gasteiger partial charge on any atom is -0.464 e. The fraction of sp³-hybridized carbons (Fsp3) is 0.0526. The predicted molar refractivity (Wildman–Crippen MR) is 90.7 cm³/mol. The molecule has 1 aromatic heterocycles. The fourth-order valence-electron chi connectivity index (χ4n) is 2.29.